The largest absolute Gasteiger partial charge is 0.322 e. The van der Waals surface area contributed by atoms with E-state index in [1.807, 2.05) is 85.5 Å². The smallest absolute Gasteiger partial charge is 0.248 e. The van der Waals surface area contributed by atoms with Gasteiger partial charge in [-0.05, 0) is 43.2 Å². The third-order valence-corrected chi connectivity index (χ3v) is 6.39. The molecule has 0 saturated carbocycles. The van der Waals surface area contributed by atoms with Gasteiger partial charge in [0.05, 0.1) is 5.75 Å². The first-order chi connectivity index (χ1) is 15.0. The second kappa shape index (κ2) is 9.23. The Bertz CT molecular complexity index is 1140. The molecule has 0 radical (unpaired) electrons. The first-order valence-electron chi connectivity index (χ1n) is 10.2. The van der Waals surface area contributed by atoms with Gasteiger partial charge in [0.15, 0.2) is 0 Å². The zero-order chi connectivity index (χ0) is 21.8. The van der Waals surface area contributed by atoms with E-state index < -0.39 is 0 Å². The summed E-state index contributed by atoms with van der Waals surface area (Å²) in [5.41, 5.74) is 5.73. The number of carbonyl (C=O) groups is 2. The lowest BCUT2D eigenvalue weighted by Gasteiger charge is -2.27. The Hall–Kier alpha value is -3.31. The summed E-state index contributed by atoms with van der Waals surface area (Å²) in [4.78, 5) is 27.2. The average molecular weight is 429 g/mol. The van der Waals surface area contributed by atoms with Crippen LogP contribution in [0.4, 0.5) is 11.4 Å². The molecule has 5 heteroatoms. The highest BCUT2D eigenvalue weighted by atomic mass is 32.2. The molecule has 1 unspecified atom stereocenters. The van der Waals surface area contributed by atoms with Gasteiger partial charge in [0.2, 0.25) is 11.8 Å². The molecule has 0 aliphatic carbocycles. The van der Waals surface area contributed by atoms with Gasteiger partial charge in [-0.1, -0.05) is 66.2 Å². The number of benzene rings is 3. The maximum Gasteiger partial charge on any atom is 0.248 e. The summed E-state index contributed by atoms with van der Waals surface area (Å²) < 4.78 is 0. The van der Waals surface area contributed by atoms with Crippen LogP contribution in [0, 0.1) is 13.8 Å². The Balaban J connectivity index is 1.60. The van der Waals surface area contributed by atoms with Gasteiger partial charge < -0.3 is 5.32 Å². The molecule has 4 rings (SSSR count). The van der Waals surface area contributed by atoms with Crippen LogP contribution in [0.5, 0.6) is 0 Å². The van der Waals surface area contributed by atoms with Crippen molar-refractivity contribution in [2.75, 3.05) is 16.0 Å². The van der Waals surface area contributed by atoms with Crippen LogP contribution in [0.2, 0.25) is 0 Å². The van der Waals surface area contributed by atoms with Crippen molar-refractivity contribution in [3.05, 3.63) is 101 Å². The average Bonchev–Trinajstić information content (AvgIpc) is 3.14. The lowest BCUT2D eigenvalue weighted by atomic mass is 10.1. The minimum absolute atomic E-state index is 0.0760. The van der Waals surface area contributed by atoms with Crippen molar-refractivity contribution in [1.82, 2.24) is 0 Å². The minimum atomic E-state index is -0.205. The Morgan fingerprint density at radius 1 is 1.03 bits per heavy atom. The molecule has 3 aromatic carbocycles. The van der Waals surface area contributed by atoms with Crippen LogP contribution >= 0.6 is 11.8 Å². The number of aryl methyl sites for hydroxylation is 2. The Labute approximate surface area is 187 Å². The van der Waals surface area contributed by atoms with Crippen molar-refractivity contribution in [3.8, 4) is 0 Å². The zero-order valence-electron chi connectivity index (χ0n) is 17.5. The molecule has 1 N–H and O–H groups in total. The Morgan fingerprint density at radius 3 is 2.55 bits per heavy atom. The van der Waals surface area contributed by atoms with E-state index >= 15 is 0 Å². The highest BCUT2D eigenvalue weighted by molar-refractivity contribution is 8.00. The molecule has 0 bridgehead atoms. The van der Waals surface area contributed by atoms with Gasteiger partial charge in [-0.2, -0.15) is 0 Å². The fraction of sp³-hybridized carbons (Fsp3) is 0.154. The number of thioether (sulfide) groups is 1. The molecule has 4 nitrogen and oxygen atoms in total. The standard InChI is InChI=1S/C26H24N2O2S/c1-18-12-14-23(19(2)16-18)28-25(30)17-31-26(28)21-10-6-7-11-22(21)27-24(29)15-13-20-8-4-3-5-9-20/h3-16,26H,17H2,1-2H3,(H,27,29)/b15-13+. The molecule has 1 saturated heterocycles. The maximum atomic E-state index is 12.8. The molecule has 1 aliphatic rings. The first-order valence-corrected chi connectivity index (χ1v) is 11.2. The number of para-hydroxylation sites is 1. The van der Waals surface area contributed by atoms with Crippen molar-refractivity contribution in [2.45, 2.75) is 19.2 Å². The highest BCUT2D eigenvalue weighted by Gasteiger charge is 2.36. The van der Waals surface area contributed by atoms with Gasteiger partial charge in [-0.15, -0.1) is 11.8 Å². The SMILES string of the molecule is Cc1ccc(N2C(=O)CSC2c2ccccc2NC(=O)/C=C/c2ccccc2)c(C)c1. The monoisotopic (exact) mass is 428 g/mol. The van der Waals surface area contributed by atoms with E-state index in [1.165, 1.54) is 6.08 Å². The highest BCUT2D eigenvalue weighted by Crippen LogP contribution is 2.45. The molecule has 0 spiro atoms. The quantitative estimate of drug-likeness (QED) is 0.528. The van der Waals surface area contributed by atoms with Crippen LogP contribution in [0.3, 0.4) is 0 Å². The van der Waals surface area contributed by atoms with Gasteiger partial charge >= 0.3 is 0 Å². The molecule has 1 fully saturated rings. The van der Waals surface area contributed by atoms with Crippen molar-refractivity contribution in [3.63, 3.8) is 0 Å². The number of anilines is 2. The first kappa shape index (κ1) is 20.9. The summed E-state index contributed by atoms with van der Waals surface area (Å²) in [6, 6.07) is 23.5. The van der Waals surface area contributed by atoms with E-state index in [-0.39, 0.29) is 17.2 Å². The van der Waals surface area contributed by atoms with Crippen LogP contribution in [-0.4, -0.2) is 17.6 Å². The van der Waals surface area contributed by atoms with E-state index in [2.05, 4.69) is 11.4 Å². The van der Waals surface area contributed by atoms with E-state index in [9.17, 15) is 9.59 Å². The Kier molecular flexibility index (Phi) is 6.23. The number of carbonyl (C=O) groups excluding carboxylic acids is 2. The van der Waals surface area contributed by atoms with Crippen molar-refractivity contribution < 1.29 is 9.59 Å². The normalized spacial score (nSPS) is 16.1. The summed E-state index contributed by atoms with van der Waals surface area (Å²) >= 11 is 1.58. The van der Waals surface area contributed by atoms with Crippen LogP contribution in [0.15, 0.2) is 78.9 Å². The second-order valence-electron chi connectivity index (χ2n) is 7.54. The molecule has 1 atom stereocenters. The lowest BCUT2D eigenvalue weighted by molar-refractivity contribution is -0.116. The van der Waals surface area contributed by atoms with E-state index in [0.717, 1.165) is 27.9 Å². The summed E-state index contributed by atoms with van der Waals surface area (Å²) in [6.45, 7) is 4.07. The van der Waals surface area contributed by atoms with E-state index in [0.29, 0.717) is 11.4 Å². The third-order valence-electron chi connectivity index (χ3n) is 5.19. The van der Waals surface area contributed by atoms with Crippen LogP contribution in [0.1, 0.15) is 27.6 Å². The van der Waals surface area contributed by atoms with Crippen molar-refractivity contribution in [1.29, 1.82) is 0 Å². The van der Waals surface area contributed by atoms with Crippen LogP contribution < -0.4 is 10.2 Å². The van der Waals surface area contributed by atoms with Gasteiger partial charge in [0.1, 0.15) is 5.37 Å². The summed E-state index contributed by atoms with van der Waals surface area (Å²) in [5, 5.41) is 2.80. The number of hydrogen-bond donors (Lipinski definition) is 1. The molecule has 31 heavy (non-hydrogen) atoms. The van der Waals surface area contributed by atoms with Gasteiger partial charge in [-0.3, -0.25) is 14.5 Å². The zero-order valence-corrected chi connectivity index (χ0v) is 18.4. The van der Waals surface area contributed by atoms with Gasteiger partial charge in [0.25, 0.3) is 0 Å². The van der Waals surface area contributed by atoms with Gasteiger partial charge in [-0.25, -0.2) is 0 Å². The predicted molar refractivity (Wildman–Crippen MR) is 129 cm³/mol. The lowest BCUT2D eigenvalue weighted by Crippen LogP contribution is -2.29. The number of hydrogen-bond acceptors (Lipinski definition) is 3. The minimum Gasteiger partial charge on any atom is -0.322 e. The second-order valence-corrected chi connectivity index (χ2v) is 8.61. The van der Waals surface area contributed by atoms with Gasteiger partial charge in [0, 0.05) is 23.0 Å². The molecular formula is C26H24N2O2S. The summed E-state index contributed by atoms with van der Waals surface area (Å²) in [5.74, 6) is 0.282. The number of rotatable bonds is 5. The molecule has 156 valence electrons. The molecule has 3 aromatic rings. The fourth-order valence-electron chi connectivity index (χ4n) is 3.73. The molecule has 2 amide bonds. The van der Waals surface area contributed by atoms with E-state index in [4.69, 9.17) is 0 Å². The van der Waals surface area contributed by atoms with Crippen molar-refractivity contribution in [2.24, 2.45) is 0 Å². The van der Waals surface area contributed by atoms with E-state index in [1.54, 1.807) is 17.8 Å². The maximum absolute atomic E-state index is 12.8. The predicted octanol–water partition coefficient (Wildman–Crippen LogP) is 5.73. The molecular weight excluding hydrogens is 404 g/mol. The number of nitrogens with one attached hydrogen (secondary N) is 1. The summed E-state index contributed by atoms with van der Waals surface area (Å²) in [6.07, 6.45) is 3.31. The topological polar surface area (TPSA) is 49.4 Å². The Morgan fingerprint density at radius 2 is 1.77 bits per heavy atom. The molecule has 0 aromatic heterocycles. The number of nitrogens with zero attached hydrogens (tertiary/aromatic N) is 1. The third kappa shape index (κ3) is 4.72. The fourth-order valence-corrected chi connectivity index (χ4v) is 4.93. The number of amides is 2. The van der Waals surface area contributed by atoms with Crippen LogP contribution in [-0.2, 0) is 9.59 Å². The molecule has 1 heterocycles. The van der Waals surface area contributed by atoms with Crippen molar-refractivity contribution >= 4 is 41.0 Å². The summed E-state index contributed by atoms with van der Waals surface area (Å²) in [7, 11) is 0. The molecule has 1 aliphatic heterocycles. The van der Waals surface area contributed by atoms with Crippen LogP contribution in [0.25, 0.3) is 6.08 Å².